The summed E-state index contributed by atoms with van der Waals surface area (Å²) in [5, 5.41) is 4.17. The van der Waals surface area contributed by atoms with Crippen molar-refractivity contribution in [2.75, 3.05) is 13.2 Å². The fourth-order valence-electron chi connectivity index (χ4n) is 1.22. The van der Waals surface area contributed by atoms with Crippen LogP contribution in [0.15, 0.2) is 12.4 Å². The molecule has 4 nitrogen and oxygen atoms in total. The maximum absolute atomic E-state index is 5.58. The van der Waals surface area contributed by atoms with E-state index in [1.165, 1.54) is 0 Å². The Hall–Kier alpha value is -0.870. The second-order valence-corrected chi connectivity index (χ2v) is 2.81. The molecule has 0 amide bonds. The smallest absolute Gasteiger partial charge is 0.0977 e. The minimum Gasteiger partial charge on any atom is -0.372 e. The highest BCUT2D eigenvalue weighted by atomic mass is 16.5. The van der Waals surface area contributed by atoms with Crippen LogP contribution in [0.1, 0.15) is 25.5 Å². The molecule has 1 aromatic rings. The fraction of sp³-hybridized carbons (Fsp3) is 0.667. The van der Waals surface area contributed by atoms with Crippen LogP contribution in [0.25, 0.3) is 0 Å². The molecule has 0 fully saturated rings. The summed E-state index contributed by atoms with van der Waals surface area (Å²) in [6.45, 7) is 6.08. The highest BCUT2D eigenvalue weighted by molar-refractivity contribution is 5.08. The zero-order valence-electron chi connectivity index (χ0n) is 8.23. The summed E-state index contributed by atoms with van der Waals surface area (Å²) in [5.41, 5.74) is 6.64. The minimum absolute atomic E-state index is 0.00898. The largest absolute Gasteiger partial charge is 0.372 e. The first-order valence-electron chi connectivity index (χ1n) is 4.65. The molecule has 0 saturated carbocycles. The summed E-state index contributed by atoms with van der Waals surface area (Å²) in [6, 6.07) is 0. The Morgan fingerprint density at radius 2 is 2.38 bits per heavy atom. The van der Waals surface area contributed by atoms with E-state index >= 15 is 0 Å². The van der Waals surface area contributed by atoms with Crippen molar-refractivity contribution in [3.05, 3.63) is 18.0 Å². The van der Waals surface area contributed by atoms with Crippen LogP contribution < -0.4 is 5.73 Å². The summed E-state index contributed by atoms with van der Waals surface area (Å²) in [5.74, 6) is 0. The Morgan fingerprint density at radius 3 is 2.85 bits per heavy atom. The minimum atomic E-state index is -0.00898. The zero-order chi connectivity index (χ0) is 9.68. The summed E-state index contributed by atoms with van der Waals surface area (Å²) in [7, 11) is 0. The lowest BCUT2D eigenvalue weighted by atomic mass is 10.2. The number of aryl methyl sites for hydroxylation is 1. The van der Waals surface area contributed by atoms with Gasteiger partial charge in [-0.15, -0.1) is 0 Å². The molecule has 0 aromatic carbocycles. The standard InChI is InChI=1S/C9H17N3O/c1-3-12-7-8(6-11-12)9(5-10)13-4-2/h6-7,9H,3-5,10H2,1-2H3. The molecule has 0 saturated heterocycles. The first-order chi connectivity index (χ1) is 6.31. The molecule has 1 heterocycles. The summed E-state index contributed by atoms with van der Waals surface area (Å²) < 4.78 is 7.33. The molecule has 2 N–H and O–H groups in total. The van der Waals surface area contributed by atoms with Gasteiger partial charge in [0.15, 0.2) is 0 Å². The van der Waals surface area contributed by atoms with Gasteiger partial charge in [0.05, 0.1) is 12.3 Å². The number of rotatable bonds is 5. The van der Waals surface area contributed by atoms with E-state index in [1.807, 2.05) is 24.0 Å². The van der Waals surface area contributed by atoms with Crippen molar-refractivity contribution in [3.63, 3.8) is 0 Å². The van der Waals surface area contributed by atoms with Gasteiger partial charge < -0.3 is 10.5 Å². The van der Waals surface area contributed by atoms with E-state index in [1.54, 1.807) is 0 Å². The monoisotopic (exact) mass is 183 g/mol. The zero-order valence-corrected chi connectivity index (χ0v) is 8.23. The molecule has 1 rings (SSSR count). The molecule has 74 valence electrons. The van der Waals surface area contributed by atoms with E-state index in [0.29, 0.717) is 13.2 Å². The number of hydrogen-bond donors (Lipinski definition) is 1. The van der Waals surface area contributed by atoms with E-state index in [9.17, 15) is 0 Å². The van der Waals surface area contributed by atoms with Crippen LogP contribution in [-0.4, -0.2) is 22.9 Å². The van der Waals surface area contributed by atoms with Gasteiger partial charge in [-0.25, -0.2) is 0 Å². The molecule has 0 radical (unpaired) electrons. The van der Waals surface area contributed by atoms with Gasteiger partial charge in [-0.2, -0.15) is 5.10 Å². The lowest BCUT2D eigenvalue weighted by molar-refractivity contribution is 0.0688. The van der Waals surface area contributed by atoms with Crippen molar-refractivity contribution in [1.82, 2.24) is 9.78 Å². The average molecular weight is 183 g/mol. The van der Waals surface area contributed by atoms with Crippen LogP contribution in [0.4, 0.5) is 0 Å². The molecule has 1 unspecified atom stereocenters. The van der Waals surface area contributed by atoms with Crippen molar-refractivity contribution in [2.24, 2.45) is 5.73 Å². The number of hydrogen-bond acceptors (Lipinski definition) is 3. The fourth-order valence-corrected chi connectivity index (χ4v) is 1.22. The highest BCUT2D eigenvalue weighted by Crippen LogP contribution is 2.14. The predicted molar refractivity (Wildman–Crippen MR) is 51.3 cm³/mol. The van der Waals surface area contributed by atoms with Gasteiger partial charge in [-0.05, 0) is 13.8 Å². The predicted octanol–water partition coefficient (Wildman–Crippen LogP) is 0.939. The molecule has 1 aromatic heterocycles. The molecule has 0 aliphatic heterocycles. The third-order valence-corrected chi connectivity index (χ3v) is 1.93. The van der Waals surface area contributed by atoms with E-state index in [4.69, 9.17) is 10.5 Å². The Bertz CT molecular complexity index is 247. The first kappa shape index (κ1) is 10.2. The summed E-state index contributed by atoms with van der Waals surface area (Å²) >= 11 is 0. The SMILES string of the molecule is CCOC(CN)c1cnn(CC)c1. The van der Waals surface area contributed by atoms with Crippen LogP contribution in [0.5, 0.6) is 0 Å². The van der Waals surface area contributed by atoms with Gasteiger partial charge in [0.2, 0.25) is 0 Å². The molecular formula is C9H17N3O. The molecule has 0 spiro atoms. The Labute approximate surface area is 78.7 Å². The molecular weight excluding hydrogens is 166 g/mol. The topological polar surface area (TPSA) is 53.1 Å². The molecule has 1 atom stereocenters. The number of nitrogens with two attached hydrogens (primary N) is 1. The first-order valence-corrected chi connectivity index (χ1v) is 4.65. The Balaban J connectivity index is 2.67. The van der Waals surface area contributed by atoms with E-state index < -0.39 is 0 Å². The van der Waals surface area contributed by atoms with Crippen LogP contribution in [0.2, 0.25) is 0 Å². The number of nitrogens with zero attached hydrogens (tertiary/aromatic N) is 2. The van der Waals surface area contributed by atoms with Crippen LogP contribution in [0.3, 0.4) is 0 Å². The number of aromatic nitrogens is 2. The lowest BCUT2D eigenvalue weighted by Crippen LogP contribution is -2.15. The van der Waals surface area contributed by atoms with Gasteiger partial charge in [-0.3, -0.25) is 4.68 Å². The van der Waals surface area contributed by atoms with E-state index in [-0.39, 0.29) is 6.10 Å². The van der Waals surface area contributed by atoms with Gasteiger partial charge in [0.1, 0.15) is 0 Å². The second-order valence-electron chi connectivity index (χ2n) is 2.81. The molecule has 0 aliphatic carbocycles. The third-order valence-electron chi connectivity index (χ3n) is 1.93. The van der Waals surface area contributed by atoms with Crippen LogP contribution in [0, 0.1) is 0 Å². The number of ether oxygens (including phenoxy) is 1. The normalized spacial score (nSPS) is 13.2. The lowest BCUT2D eigenvalue weighted by Gasteiger charge is -2.11. The van der Waals surface area contributed by atoms with Crippen LogP contribution >= 0.6 is 0 Å². The molecule has 0 aliphatic rings. The van der Waals surface area contributed by atoms with Crippen LogP contribution in [-0.2, 0) is 11.3 Å². The maximum atomic E-state index is 5.58. The van der Waals surface area contributed by atoms with Crippen molar-refractivity contribution in [3.8, 4) is 0 Å². The average Bonchev–Trinajstić information content (AvgIpc) is 2.62. The molecule has 4 heteroatoms. The Morgan fingerprint density at radius 1 is 1.62 bits per heavy atom. The van der Waals surface area contributed by atoms with Crippen molar-refractivity contribution < 1.29 is 4.74 Å². The Kier molecular flexibility index (Phi) is 3.92. The highest BCUT2D eigenvalue weighted by Gasteiger charge is 2.10. The third kappa shape index (κ3) is 2.54. The molecule has 13 heavy (non-hydrogen) atoms. The van der Waals surface area contributed by atoms with Crippen molar-refractivity contribution in [1.29, 1.82) is 0 Å². The van der Waals surface area contributed by atoms with Gasteiger partial charge >= 0.3 is 0 Å². The van der Waals surface area contributed by atoms with E-state index in [2.05, 4.69) is 12.0 Å². The second kappa shape index (κ2) is 4.99. The summed E-state index contributed by atoms with van der Waals surface area (Å²) in [4.78, 5) is 0. The summed E-state index contributed by atoms with van der Waals surface area (Å²) in [6.07, 6.45) is 3.79. The maximum Gasteiger partial charge on any atom is 0.0977 e. The van der Waals surface area contributed by atoms with Crippen molar-refractivity contribution >= 4 is 0 Å². The van der Waals surface area contributed by atoms with Gasteiger partial charge in [-0.1, -0.05) is 0 Å². The van der Waals surface area contributed by atoms with E-state index in [0.717, 1.165) is 12.1 Å². The van der Waals surface area contributed by atoms with Crippen molar-refractivity contribution in [2.45, 2.75) is 26.5 Å². The quantitative estimate of drug-likeness (QED) is 0.739. The molecule has 0 bridgehead atoms. The van der Waals surface area contributed by atoms with Gasteiger partial charge in [0.25, 0.3) is 0 Å². The van der Waals surface area contributed by atoms with Gasteiger partial charge in [0, 0.05) is 31.5 Å².